The molecule has 0 radical (unpaired) electrons. The molecule has 82 valence electrons. The van der Waals surface area contributed by atoms with Crippen LogP contribution in [0.4, 0.5) is 4.39 Å². The normalized spacial score (nSPS) is 10.4. The van der Waals surface area contributed by atoms with E-state index in [9.17, 15) is 4.39 Å². The molecule has 0 aromatic heterocycles. The summed E-state index contributed by atoms with van der Waals surface area (Å²) >= 11 is 0. The van der Waals surface area contributed by atoms with Crippen molar-refractivity contribution in [3.8, 4) is 11.1 Å². The van der Waals surface area contributed by atoms with E-state index in [2.05, 4.69) is 0 Å². The molecule has 2 aromatic carbocycles. The highest BCUT2D eigenvalue weighted by Crippen LogP contribution is 2.22. The molecule has 0 N–H and O–H groups in total. The first kappa shape index (κ1) is 10.8. The van der Waals surface area contributed by atoms with Gasteiger partial charge >= 0.3 is 0 Å². The van der Waals surface area contributed by atoms with E-state index in [0.29, 0.717) is 12.2 Å². The Balaban J connectivity index is 2.31. The fourth-order valence-electron chi connectivity index (χ4n) is 1.64. The van der Waals surface area contributed by atoms with E-state index in [0.717, 1.165) is 11.1 Å². The highest BCUT2D eigenvalue weighted by atomic mass is 19.1. The number of hydrogen-bond donors (Lipinski definition) is 0. The number of ether oxygens (including phenoxy) is 1. The van der Waals surface area contributed by atoms with Crippen LogP contribution in [0.3, 0.4) is 0 Å². The Bertz CT molecular complexity index is 462. The van der Waals surface area contributed by atoms with E-state index < -0.39 is 0 Å². The van der Waals surface area contributed by atoms with Crippen molar-refractivity contribution < 1.29 is 9.13 Å². The lowest BCUT2D eigenvalue weighted by atomic mass is 10.0. The van der Waals surface area contributed by atoms with Crippen molar-refractivity contribution in [3.63, 3.8) is 0 Å². The van der Waals surface area contributed by atoms with E-state index in [1.165, 1.54) is 6.07 Å². The van der Waals surface area contributed by atoms with Crippen LogP contribution < -0.4 is 0 Å². The van der Waals surface area contributed by atoms with E-state index in [1.54, 1.807) is 19.2 Å². The van der Waals surface area contributed by atoms with Gasteiger partial charge in [0.1, 0.15) is 5.82 Å². The van der Waals surface area contributed by atoms with Crippen LogP contribution >= 0.6 is 0 Å². The fourth-order valence-corrected chi connectivity index (χ4v) is 1.64. The minimum absolute atomic E-state index is 0.193. The molecule has 0 aliphatic heterocycles. The topological polar surface area (TPSA) is 9.23 Å². The second-order valence-electron chi connectivity index (χ2n) is 3.61. The second-order valence-corrected chi connectivity index (χ2v) is 3.61. The molecule has 0 heterocycles. The molecule has 0 atom stereocenters. The average Bonchev–Trinajstić information content (AvgIpc) is 2.31. The molecule has 0 saturated carbocycles. The van der Waals surface area contributed by atoms with Gasteiger partial charge in [0.25, 0.3) is 0 Å². The minimum Gasteiger partial charge on any atom is -0.380 e. The first-order valence-corrected chi connectivity index (χ1v) is 5.14. The van der Waals surface area contributed by atoms with Crippen molar-refractivity contribution in [1.29, 1.82) is 0 Å². The van der Waals surface area contributed by atoms with Crippen LogP contribution in [0.2, 0.25) is 0 Å². The summed E-state index contributed by atoms with van der Waals surface area (Å²) in [5, 5.41) is 0. The summed E-state index contributed by atoms with van der Waals surface area (Å²) in [6.07, 6.45) is 0. The zero-order chi connectivity index (χ0) is 11.4. The van der Waals surface area contributed by atoms with E-state index in [1.807, 2.05) is 30.3 Å². The summed E-state index contributed by atoms with van der Waals surface area (Å²) in [7, 11) is 1.66. The molecule has 0 saturated heterocycles. The Morgan fingerprint density at radius 1 is 1.00 bits per heavy atom. The van der Waals surface area contributed by atoms with Crippen molar-refractivity contribution >= 4 is 0 Å². The summed E-state index contributed by atoms with van der Waals surface area (Å²) in [5.41, 5.74) is 2.60. The Morgan fingerprint density at radius 2 is 1.69 bits per heavy atom. The molecule has 0 spiro atoms. The van der Waals surface area contributed by atoms with E-state index >= 15 is 0 Å². The molecule has 2 heteroatoms. The van der Waals surface area contributed by atoms with Crippen molar-refractivity contribution in [2.24, 2.45) is 0 Å². The van der Waals surface area contributed by atoms with Crippen LogP contribution in [0.25, 0.3) is 11.1 Å². The SMILES string of the molecule is COCc1ccc(-c2ccccc2F)cc1. The van der Waals surface area contributed by atoms with Gasteiger partial charge in [-0.1, -0.05) is 42.5 Å². The standard InChI is InChI=1S/C14H13FO/c1-16-10-11-6-8-12(9-7-11)13-4-2-3-5-14(13)15/h2-9H,10H2,1H3. The zero-order valence-corrected chi connectivity index (χ0v) is 9.11. The summed E-state index contributed by atoms with van der Waals surface area (Å²) < 4.78 is 18.5. The molecular weight excluding hydrogens is 203 g/mol. The zero-order valence-electron chi connectivity index (χ0n) is 9.11. The molecule has 0 aliphatic carbocycles. The highest BCUT2D eigenvalue weighted by molar-refractivity contribution is 5.64. The predicted molar refractivity (Wildman–Crippen MR) is 62.5 cm³/mol. The van der Waals surface area contributed by atoms with Crippen LogP contribution in [0.5, 0.6) is 0 Å². The summed E-state index contributed by atoms with van der Waals surface area (Å²) in [6, 6.07) is 14.5. The third-order valence-electron chi connectivity index (χ3n) is 2.45. The van der Waals surface area contributed by atoms with Crippen molar-refractivity contribution in [2.45, 2.75) is 6.61 Å². The van der Waals surface area contributed by atoms with Gasteiger partial charge in [0.05, 0.1) is 6.61 Å². The Labute approximate surface area is 94.5 Å². The lowest BCUT2D eigenvalue weighted by Crippen LogP contribution is -1.88. The first-order chi connectivity index (χ1) is 7.81. The number of rotatable bonds is 3. The molecular formula is C14H13FO. The Kier molecular flexibility index (Phi) is 3.32. The molecule has 2 aromatic rings. The highest BCUT2D eigenvalue weighted by Gasteiger charge is 2.03. The molecule has 0 unspecified atom stereocenters. The number of methoxy groups -OCH3 is 1. The van der Waals surface area contributed by atoms with Gasteiger partial charge in [-0.3, -0.25) is 0 Å². The van der Waals surface area contributed by atoms with E-state index in [4.69, 9.17) is 4.74 Å². The predicted octanol–water partition coefficient (Wildman–Crippen LogP) is 3.64. The van der Waals surface area contributed by atoms with Gasteiger partial charge in [-0.2, -0.15) is 0 Å². The van der Waals surface area contributed by atoms with Gasteiger partial charge in [-0.15, -0.1) is 0 Å². The molecule has 0 aliphatic rings. The Hall–Kier alpha value is -1.67. The Morgan fingerprint density at radius 3 is 2.31 bits per heavy atom. The van der Waals surface area contributed by atoms with Crippen LogP contribution in [-0.2, 0) is 11.3 Å². The van der Waals surface area contributed by atoms with Crippen LogP contribution in [-0.4, -0.2) is 7.11 Å². The van der Waals surface area contributed by atoms with Gasteiger partial charge in [-0.05, 0) is 17.2 Å². The molecule has 16 heavy (non-hydrogen) atoms. The van der Waals surface area contributed by atoms with E-state index in [-0.39, 0.29) is 5.82 Å². The summed E-state index contributed by atoms with van der Waals surface area (Å²) in [5.74, 6) is -0.193. The van der Waals surface area contributed by atoms with Gasteiger partial charge in [0.15, 0.2) is 0 Å². The van der Waals surface area contributed by atoms with Gasteiger partial charge in [0.2, 0.25) is 0 Å². The van der Waals surface area contributed by atoms with Crippen molar-refractivity contribution in [3.05, 3.63) is 59.9 Å². The molecule has 0 amide bonds. The summed E-state index contributed by atoms with van der Waals surface area (Å²) in [6.45, 7) is 0.581. The smallest absolute Gasteiger partial charge is 0.131 e. The molecule has 0 fully saturated rings. The third kappa shape index (κ3) is 2.28. The van der Waals surface area contributed by atoms with Crippen molar-refractivity contribution in [2.75, 3.05) is 7.11 Å². The lowest BCUT2D eigenvalue weighted by molar-refractivity contribution is 0.185. The quantitative estimate of drug-likeness (QED) is 0.761. The van der Waals surface area contributed by atoms with Crippen LogP contribution in [0.1, 0.15) is 5.56 Å². The fraction of sp³-hybridized carbons (Fsp3) is 0.143. The summed E-state index contributed by atoms with van der Waals surface area (Å²) in [4.78, 5) is 0. The minimum atomic E-state index is -0.193. The second kappa shape index (κ2) is 4.90. The molecule has 1 nitrogen and oxygen atoms in total. The largest absolute Gasteiger partial charge is 0.380 e. The van der Waals surface area contributed by atoms with Gasteiger partial charge in [0, 0.05) is 12.7 Å². The maximum atomic E-state index is 13.5. The lowest BCUT2D eigenvalue weighted by Gasteiger charge is -2.04. The average molecular weight is 216 g/mol. The van der Waals surface area contributed by atoms with Crippen molar-refractivity contribution in [1.82, 2.24) is 0 Å². The van der Waals surface area contributed by atoms with Gasteiger partial charge < -0.3 is 4.74 Å². The first-order valence-electron chi connectivity index (χ1n) is 5.14. The van der Waals surface area contributed by atoms with Crippen LogP contribution in [0, 0.1) is 5.82 Å². The number of halogens is 1. The maximum Gasteiger partial charge on any atom is 0.131 e. The monoisotopic (exact) mass is 216 g/mol. The maximum absolute atomic E-state index is 13.5. The molecule has 0 bridgehead atoms. The van der Waals surface area contributed by atoms with Gasteiger partial charge in [-0.25, -0.2) is 4.39 Å². The third-order valence-corrected chi connectivity index (χ3v) is 2.45. The number of benzene rings is 2. The number of hydrogen-bond acceptors (Lipinski definition) is 1. The molecule has 2 rings (SSSR count). The van der Waals surface area contributed by atoms with Crippen LogP contribution in [0.15, 0.2) is 48.5 Å².